The van der Waals surface area contributed by atoms with Crippen LogP contribution in [0.2, 0.25) is 0 Å². The lowest BCUT2D eigenvalue weighted by Crippen LogP contribution is -2.01. The molecule has 0 aliphatic carbocycles. The van der Waals surface area contributed by atoms with Crippen LogP contribution in [0.5, 0.6) is 5.75 Å². The Morgan fingerprint density at radius 1 is 1.42 bits per heavy atom. The van der Waals surface area contributed by atoms with Crippen molar-refractivity contribution in [1.82, 2.24) is 0 Å². The quantitative estimate of drug-likeness (QED) is 0.705. The van der Waals surface area contributed by atoms with Gasteiger partial charge in [-0.05, 0) is 30.7 Å². The van der Waals surface area contributed by atoms with Crippen molar-refractivity contribution in [1.29, 1.82) is 0 Å². The minimum atomic E-state index is -2.77. The monoisotopic (exact) mass is 190 g/mol. The Kier molecular flexibility index (Phi) is 2.92. The molecule has 0 amide bonds. The fourth-order valence-corrected chi connectivity index (χ4v) is 0.943. The van der Waals surface area contributed by atoms with E-state index in [1.54, 1.807) is 13.0 Å². The Labute approximate surface area is 74.8 Å². The van der Waals surface area contributed by atoms with Crippen LogP contribution in [0.25, 0.3) is 0 Å². The zero-order valence-corrected chi connectivity index (χ0v) is 7.32. The van der Waals surface area contributed by atoms with Gasteiger partial charge >= 0.3 is 6.61 Å². The lowest BCUT2D eigenvalue weighted by Gasteiger charge is -2.05. The van der Waals surface area contributed by atoms with E-state index in [1.807, 2.05) is 0 Å². The molecule has 0 saturated heterocycles. The Balaban J connectivity index is 2.82. The zero-order chi connectivity index (χ0) is 9.14. The molecule has 1 nitrogen and oxygen atoms in total. The second kappa shape index (κ2) is 3.76. The molecule has 0 radical (unpaired) electrons. The molecule has 0 fully saturated rings. The smallest absolute Gasteiger partial charge is 0.387 e. The average Bonchev–Trinajstić information content (AvgIpc) is 1.96. The molecule has 0 aliphatic rings. The summed E-state index contributed by atoms with van der Waals surface area (Å²) in [7, 11) is 0. The summed E-state index contributed by atoms with van der Waals surface area (Å²) >= 11 is 4.09. The molecule has 0 saturated carbocycles. The summed E-state index contributed by atoms with van der Waals surface area (Å²) in [6.07, 6.45) is 0. The van der Waals surface area contributed by atoms with E-state index in [2.05, 4.69) is 17.4 Å². The summed E-state index contributed by atoms with van der Waals surface area (Å²) in [5, 5.41) is 0. The topological polar surface area (TPSA) is 9.23 Å². The second-order valence-corrected chi connectivity index (χ2v) is 2.81. The Morgan fingerprint density at radius 3 is 2.58 bits per heavy atom. The minimum Gasteiger partial charge on any atom is -0.435 e. The fraction of sp³-hybridized carbons (Fsp3) is 0.250. The van der Waals surface area contributed by atoms with Crippen LogP contribution in [0.3, 0.4) is 0 Å². The van der Waals surface area contributed by atoms with Gasteiger partial charge in [0.05, 0.1) is 0 Å². The highest BCUT2D eigenvalue weighted by Crippen LogP contribution is 2.20. The van der Waals surface area contributed by atoms with Gasteiger partial charge in [0, 0.05) is 4.90 Å². The van der Waals surface area contributed by atoms with Gasteiger partial charge in [0.25, 0.3) is 0 Å². The number of hydrogen-bond donors (Lipinski definition) is 1. The maximum Gasteiger partial charge on any atom is 0.387 e. The van der Waals surface area contributed by atoms with Crippen molar-refractivity contribution >= 4 is 12.6 Å². The van der Waals surface area contributed by atoms with Gasteiger partial charge in [-0.25, -0.2) is 0 Å². The largest absolute Gasteiger partial charge is 0.435 e. The number of benzene rings is 1. The van der Waals surface area contributed by atoms with E-state index in [0.29, 0.717) is 0 Å². The van der Waals surface area contributed by atoms with E-state index in [-0.39, 0.29) is 5.75 Å². The highest BCUT2D eigenvalue weighted by molar-refractivity contribution is 7.80. The minimum absolute atomic E-state index is 0.167. The first-order valence-corrected chi connectivity index (χ1v) is 3.79. The lowest BCUT2D eigenvalue weighted by molar-refractivity contribution is -0.0498. The molecule has 12 heavy (non-hydrogen) atoms. The van der Waals surface area contributed by atoms with E-state index in [0.717, 1.165) is 10.5 Å². The van der Waals surface area contributed by atoms with Crippen LogP contribution < -0.4 is 4.74 Å². The first kappa shape index (κ1) is 9.32. The Morgan fingerprint density at radius 2 is 2.08 bits per heavy atom. The molecule has 1 aromatic carbocycles. The van der Waals surface area contributed by atoms with E-state index in [4.69, 9.17) is 0 Å². The molecule has 0 atom stereocenters. The first-order valence-electron chi connectivity index (χ1n) is 3.34. The molecule has 66 valence electrons. The van der Waals surface area contributed by atoms with Gasteiger partial charge in [0.2, 0.25) is 0 Å². The number of thiol groups is 1. The summed E-state index contributed by atoms with van der Waals surface area (Å²) in [6, 6.07) is 4.60. The maximum absolute atomic E-state index is 11.7. The van der Waals surface area contributed by atoms with Crippen LogP contribution in [-0.4, -0.2) is 6.61 Å². The van der Waals surface area contributed by atoms with E-state index in [1.165, 1.54) is 12.1 Å². The van der Waals surface area contributed by atoms with Crippen LogP contribution in [0.1, 0.15) is 5.56 Å². The number of hydrogen-bond acceptors (Lipinski definition) is 2. The fourth-order valence-electron chi connectivity index (χ4n) is 0.804. The standard InChI is InChI=1S/C8H8F2OS/c1-5-4-6(11-8(9)10)2-3-7(5)12/h2-4,8,12H,1H3. The molecule has 0 bridgehead atoms. The van der Waals surface area contributed by atoms with Gasteiger partial charge in [-0.3, -0.25) is 0 Å². The van der Waals surface area contributed by atoms with Gasteiger partial charge in [0.15, 0.2) is 0 Å². The molecule has 0 spiro atoms. The van der Waals surface area contributed by atoms with Gasteiger partial charge in [-0.2, -0.15) is 8.78 Å². The molecule has 1 rings (SSSR count). The van der Waals surface area contributed by atoms with Crippen LogP contribution in [0, 0.1) is 6.92 Å². The Hall–Kier alpha value is -0.770. The predicted molar refractivity (Wildman–Crippen MR) is 45.1 cm³/mol. The van der Waals surface area contributed by atoms with Crippen LogP contribution in [0.4, 0.5) is 8.78 Å². The Bertz CT molecular complexity index is 276. The van der Waals surface area contributed by atoms with E-state index >= 15 is 0 Å². The van der Waals surface area contributed by atoms with E-state index in [9.17, 15) is 8.78 Å². The van der Waals surface area contributed by atoms with Crippen LogP contribution >= 0.6 is 12.6 Å². The van der Waals surface area contributed by atoms with Gasteiger partial charge in [0.1, 0.15) is 5.75 Å². The number of rotatable bonds is 2. The van der Waals surface area contributed by atoms with Crippen molar-refractivity contribution in [2.24, 2.45) is 0 Å². The lowest BCUT2D eigenvalue weighted by atomic mass is 10.2. The molecule has 1 aromatic rings. The van der Waals surface area contributed by atoms with Gasteiger partial charge < -0.3 is 4.74 Å². The summed E-state index contributed by atoms with van der Waals surface area (Å²) in [5.41, 5.74) is 0.816. The maximum atomic E-state index is 11.7. The second-order valence-electron chi connectivity index (χ2n) is 2.33. The van der Waals surface area contributed by atoms with Crippen molar-refractivity contribution in [2.45, 2.75) is 18.4 Å². The number of ether oxygens (including phenoxy) is 1. The SMILES string of the molecule is Cc1cc(OC(F)F)ccc1S. The van der Waals surface area contributed by atoms with Crippen LogP contribution in [0.15, 0.2) is 23.1 Å². The molecular formula is C8H8F2OS. The van der Waals surface area contributed by atoms with Gasteiger partial charge in [-0.1, -0.05) is 0 Å². The molecule has 0 aliphatic heterocycles. The summed E-state index contributed by atoms with van der Waals surface area (Å²) < 4.78 is 27.6. The first-order chi connectivity index (χ1) is 5.59. The number of alkyl halides is 2. The summed E-state index contributed by atoms with van der Waals surface area (Å²) in [6.45, 7) is -0.990. The highest BCUT2D eigenvalue weighted by atomic mass is 32.1. The number of halogens is 2. The molecule has 0 aromatic heterocycles. The highest BCUT2D eigenvalue weighted by Gasteiger charge is 2.04. The third kappa shape index (κ3) is 2.37. The van der Waals surface area contributed by atoms with Crippen molar-refractivity contribution in [3.63, 3.8) is 0 Å². The normalized spacial score (nSPS) is 10.4. The third-order valence-corrected chi connectivity index (χ3v) is 1.90. The molecule has 4 heteroatoms. The predicted octanol–water partition coefficient (Wildman–Crippen LogP) is 2.89. The average molecular weight is 190 g/mol. The van der Waals surface area contributed by atoms with Crippen molar-refractivity contribution in [3.8, 4) is 5.75 Å². The molecule has 0 N–H and O–H groups in total. The van der Waals surface area contributed by atoms with E-state index < -0.39 is 6.61 Å². The van der Waals surface area contributed by atoms with Crippen molar-refractivity contribution in [3.05, 3.63) is 23.8 Å². The van der Waals surface area contributed by atoms with Crippen molar-refractivity contribution < 1.29 is 13.5 Å². The summed E-state index contributed by atoms with van der Waals surface area (Å²) in [5.74, 6) is 0.167. The molecule has 0 heterocycles. The zero-order valence-electron chi connectivity index (χ0n) is 6.42. The van der Waals surface area contributed by atoms with Crippen LogP contribution in [-0.2, 0) is 0 Å². The molecule has 0 unspecified atom stereocenters. The number of aryl methyl sites for hydroxylation is 1. The summed E-state index contributed by atoms with van der Waals surface area (Å²) in [4.78, 5) is 0.761. The molecular weight excluding hydrogens is 182 g/mol. The third-order valence-electron chi connectivity index (χ3n) is 1.39. The van der Waals surface area contributed by atoms with Crippen molar-refractivity contribution in [2.75, 3.05) is 0 Å². The van der Waals surface area contributed by atoms with Gasteiger partial charge in [-0.15, -0.1) is 12.6 Å².